The van der Waals surface area contributed by atoms with E-state index in [9.17, 15) is 0 Å². The second-order valence-electron chi connectivity index (χ2n) is 17.1. The fourth-order valence-electron chi connectivity index (χ4n) is 10.2. The first-order valence-electron chi connectivity index (χ1n) is 19.9. The van der Waals surface area contributed by atoms with Crippen LogP contribution in [0.15, 0.2) is 158 Å². The van der Waals surface area contributed by atoms with Gasteiger partial charge in [-0.3, -0.25) is 0 Å². The van der Waals surface area contributed by atoms with E-state index in [-0.39, 0.29) is 10.8 Å². The summed E-state index contributed by atoms with van der Waals surface area (Å²) in [7, 11) is 2.19. The monoisotopic (exact) mass is 720 g/mol. The third-order valence-electron chi connectivity index (χ3n) is 13.3. The molecule has 270 valence electrons. The molecular weight excluding hydrogens is 677 g/mol. The second kappa shape index (κ2) is 11.6. The maximum atomic E-state index is 2.50. The standard InChI is InChI=1S/C54H44N2/c1-33-19-23-36(24-20-33)56(37-25-28-42-40-14-10-12-18-49(40)55(6)50(42)31-37)51-32-48-52(43-16-8-7-15-41(43)51)44-27-22-35(30-47(44)54(48,4)5)34-21-26-39-38-13-9-11-17-45(38)53(2,3)46(39)29-34/h7-32H,1-6H3. The van der Waals surface area contributed by atoms with E-state index >= 15 is 0 Å². The molecule has 0 atom stereocenters. The maximum absolute atomic E-state index is 2.50. The molecule has 0 bridgehead atoms. The molecule has 0 spiro atoms. The summed E-state index contributed by atoms with van der Waals surface area (Å²) in [6, 6.07) is 59.5. The minimum Gasteiger partial charge on any atom is -0.344 e. The Kier molecular flexibility index (Phi) is 6.82. The number of aryl methyl sites for hydroxylation is 2. The first-order chi connectivity index (χ1) is 27.1. The number of anilines is 3. The fraction of sp³-hybridized carbons (Fsp3) is 0.148. The Balaban J connectivity index is 1.09. The highest BCUT2D eigenvalue weighted by molar-refractivity contribution is 6.12. The molecule has 2 aliphatic rings. The first-order valence-corrected chi connectivity index (χ1v) is 19.9. The minimum absolute atomic E-state index is 0.0367. The Morgan fingerprint density at radius 3 is 1.77 bits per heavy atom. The van der Waals surface area contributed by atoms with Gasteiger partial charge in [-0.15, -0.1) is 0 Å². The highest BCUT2D eigenvalue weighted by Crippen LogP contribution is 2.56. The van der Waals surface area contributed by atoms with Gasteiger partial charge >= 0.3 is 0 Å². The van der Waals surface area contributed by atoms with Crippen LogP contribution in [0.2, 0.25) is 0 Å². The predicted molar refractivity (Wildman–Crippen MR) is 238 cm³/mol. The van der Waals surface area contributed by atoms with Crippen LogP contribution in [-0.4, -0.2) is 4.57 Å². The van der Waals surface area contributed by atoms with Gasteiger partial charge in [0.05, 0.1) is 11.2 Å². The quantitative estimate of drug-likeness (QED) is 0.176. The van der Waals surface area contributed by atoms with Crippen molar-refractivity contribution < 1.29 is 0 Å². The summed E-state index contributed by atoms with van der Waals surface area (Å²) in [4.78, 5) is 2.48. The van der Waals surface area contributed by atoms with Crippen molar-refractivity contribution in [3.8, 4) is 33.4 Å². The normalized spacial score (nSPS) is 14.5. The third kappa shape index (κ3) is 4.50. The molecule has 2 heteroatoms. The van der Waals surface area contributed by atoms with Gasteiger partial charge in [-0.25, -0.2) is 0 Å². The van der Waals surface area contributed by atoms with E-state index in [0.717, 1.165) is 11.4 Å². The smallest absolute Gasteiger partial charge is 0.0543 e. The van der Waals surface area contributed by atoms with Crippen LogP contribution >= 0.6 is 0 Å². The van der Waals surface area contributed by atoms with Crippen molar-refractivity contribution in [2.75, 3.05) is 4.90 Å². The molecule has 0 fully saturated rings. The third-order valence-corrected chi connectivity index (χ3v) is 13.3. The van der Waals surface area contributed by atoms with Gasteiger partial charge in [-0.05, 0) is 116 Å². The Hall–Kier alpha value is -6.38. The highest BCUT2D eigenvalue weighted by atomic mass is 15.1. The van der Waals surface area contributed by atoms with Crippen molar-refractivity contribution in [1.82, 2.24) is 4.57 Å². The van der Waals surface area contributed by atoms with Gasteiger partial charge in [0.1, 0.15) is 0 Å². The summed E-state index contributed by atoms with van der Waals surface area (Å²) >= 11 is 0. The average Bonchev–Trinajstić information content (AvgIpc) is 3.73. The number of hydrogen-bond donors (Lipinski definition) is 0. The van der Waals surface area contributed by atoms with Crippen molar-refractivity contribution in [3.05, 3.63) is 186 Å². The zero-order chi connectivity index (χ0) is 38.1. The van der Waals surface area contributed by atoms with Crippen LogP contribution in [0.4, 0.5) is 17.1 Å². The second-order valence-corrected chi connectivity index (χ2v) is 17.1. The molecule has 8 aromatic carbocycles. The number of para-hydroxylation sites is 1. The first kappa shape index (κ1) is 33.0. The van der Waals surface area contributed by atoms with Crippen LogP contribution in [0.25, 0.3) is 66.0 Å². The number of benzene rings is 8. The van der Waals surface area contributed by atoms with E-state index < -0.39 is 0 Å². The lowest BCUT2D eigenvalue weighted by Gasteiger charge is -2.30. The summed E-state index contributed by atoms with van der Waals surface area (Å²) in [6.07, 6.45) is 0. The van der Waals surface area contributed by atoms with E-state index in [4.69, 9.17) is 0 Å². The van der Waals surface area contributed by atoms with Gasteiger partial charge in [0, 0.05) is 50.9 Å². The Morgan fingerprint density at radius 2 is 1.00 bits per heavy atom. The van der Waals surface area contributed by atoms with Crippen molar-refractivity contribution >= 4 is 49.6 Å². The molecule has 0 amide bonds. The van der Waals surface area contributed by atoms with E-state index in [1.54, 1.807) is 0 Å². The summed E-state index contributed by atoms with van der Waals surface area (Å²) in [5.74, 6) is 0. The molecule has 1 aromatic heterocycles. The molecule has 2 aliphatic carbocycles. The van der Waals surface area contributed by atoms with Gasteiger partial charge in [-0.1, -0.05) is 142 Å². The zero-order valence-corrected chi connectivity index (χ0v) is 32.9. The van der Waals surface area contributed by atoms with Crippen LogP contribution < -0.4 is 4.90 Å². The predicted octanol–water partition coefficient (Wildman–Crippen LogP) is 14.5. The Bertz CT molecular complexity index is 3100. The average molecular weight is 721 g/mol. The molecular formula is C54H44N2. The van der Waals surface area contributed by atoms with Gasteiger partial charge < -0.3 is 9.47 Å². The maximum Gasteiger partial charge on any atom is 0.0543 e. The minimum atomic E-state index is -0.218. The molecule has 2 nitrogen and oxygen atoms in total. The summed E-state index contributed by atoms with van der Waals surface area (Å²) in [5, 5.41) is 5.10. The number of fused-ring (bicyclic) bond motifs is 11. The lowest BCUT2D eigenvalue weighted by atomic mass is 9.80. The van der Waals surface area contributed by atoms with E-state index in [1.165, 1.54) is 99.5 Å². The molecule has 0 radical (unpaired) electrons. The number of aromatic nitrogens is 1. The zero-order valence-electron chi connectivity index (χ0n) is 32.9. The Labute approximate surface area is 329 Å². The molecule has 11 rings (SSSR count). The lowest BCUT2D eigenvalue weighted by Crippen LogP contribution is -2.17. The lowest BCUT2D eigenvalue weighted by molar-refractivity contribution is 0.660. The number of rotatable bonds is 4. The van der Waals surface area contributed by atoms with Crippen molar-refractivity contribution in [3.63, 3.8) is 0 Å². The molecule has 0 N–H and O–H groups in total. The number of hydrogen-bond acceptors (Lipinski definition) is 1. The van der Waals surface area contributed by atoms with Crippen LogP contribution in [0.3, 0.4) is 0 Å². The van der Waals surface area contributed by atoms with Gasteiger partial charge in [0.15, 0.2) is 0 Å². The van der Waals surface area contributed by atoms with E-state index in [2.05, 4.69) is 209 Å². The molecule has 0 saturated carbocycles. The molecule has 56 heavy (non-hydrogen) atoms. The molecule has 0 saturated heterocycles. The summed E-state index contributed by atoms with van der Waals surface area (Å²) in [5.41, 5.74) is 20.5. The largest absolute Gasteiger partial charge is 0.344 e. The summed E-state index contributed by atoms with van der Waals surface area (Å²) in [6.45, 7) is 11.7. The fourth-order valence-corrected chi connectivity index (χ4v) is 10.2. The highest BCUT2D eigenvalue weighted by Gasteiger charge is 2.39. The molecule has 0 aliphatic heterocycles. The van der Waals surface area contributed by atoms with Crippen molar-refractivity contribution in [1.29, 1.82) is 0 Å². The molecule has 9 aromatic rings. The summed E-state index contributed by atoms with van der Waals surface area (Å²) < 4.78 is 2.33. The van der Waals surface area contributed by atoms with Gasteiger partial charge in [0.2, 0.25) is 0 Å². The van der Waals surface area contributed by atoms with Crippen LogP contribution in [0.1, 0.15) is 55.5 Å². The van der Waals surface area contributed by atoms with Crippen LogP contribution in [0.5, 0.6) is 0 Å². The topological polar surface area (TPSA) is 8.17 Å². The van der Waals surface area contributed by atoms with Gasteiger partial charge in [0.25, 0.3) is 0 Å². The SMILES string of the molecule is Cc1ccc(N(c2ccc3c4ccccc4n(C)c3c2)c2cc3c(c4ccccc24)-c2ccc(-c4ccc5c(c4)C(C)(C)c4ccccc4-5)cc2C3(C)C)cc1. The van der Waals surface area contributed by atoms with Gasteiger partial charge in [-0.2, -0.15) is 0 Å². The Morgan fingerprint density at radius 1 is 0.429 bits per heavy atom. The number of nitrogens with zero attached hydrogens (tertiary/aromatic N) is 2. The van der Waals surface area contributed by atoms with Crippen molar-refractivity contribution in [2.45, 2.75) is 45.4 Å². The van der Waals surface area contributed by atoms with E-state index in [0.29, 0.717) is 0 Å². The molecule has 1 heterocycles. The van der Waals surface area contributed by atoms with Crippen LogP contribution in [0, 0.1) is 6.92 Å². The van der Waals surface area contributed by atoms with Crippen molar-refractivity contribution in [2.24, 2.45) is 7.05 Å². The molecule has 0 unspecified atom stereocenters. The van der Waals surface area contributed by atoms with Crippen LogP contribution in [-0.2, 0) is 17.9 Å². The van der Waals surface area contributed by atoms with E-state index in [1.807, 2.05) is 0 Å².